The van der Waals surface area contributed by atoms with Crippen molar-refractivity contribution in [1.29, 1.82) is 0 Å². The number of hydrogen-bond acceptors (Lipinski definition) is 4. The average molecular weight is 492 g/mol. The zero-order valence-electron chi connectivity index (χ0n) is 22.4. The zero-order chi connectivity index (χ0) is 25.9. The van der Waals surface area contributed by atoms with Crippen LogP contribution < -0.4 is 0 Å². The number of amides is 1. The number of carbonyl (C=O) groups is 2. The molecular formula is C31H41NO4. The molecule has 5 heteroatoms. The Hall–Kier alpha value is -2.82. The normalized spacial score (nSPS) is 26.7. The second-order valence-corrected chi connectivity index (χ2v) is 11.7. The molecule has 0 spiro atoms. The molecule has 1 aliphatic carbocycles. The lowest BCUT2D eigenvalue weighted by Crippen LogP contribution is -2.49. The third-order valence-electron chi connectivity index (χ3n) is 8.08. The molecule has 2 aromatic rings. The summed E-state index contributed by atoms with van der Waals surface area (Å²) < 4.78 is 12.1. The van der Waals surface area contributed by atoms with Gasteiger partial charge in [0.25, 0.3) is 0 Å². The molecule has 194 valence electrons. The van der Waals surface area contributed by atoms with Gasteiger partial charge in [-0.3, -0.25) is 4.90 Å². The average Bonchev–Trinajstić information content (AvgIpc) is 3.14. The quantitative estimate of drug-likeness (QED) is 0.383. The molecule has 1 saturated heterocycles. The van der Waals surface area contributed by atoms with Crippen molar-refractivity contribution in [2.24, 2.45) is 17.8 Å². The van der Waals surface area contributed by atoms with Crippen LogP contribution in [0.4, 0.5) is 4.79 Å². The maximum absolute atomic E-state index is 13.9. The summed E-state index contributed by atoms with van der Waals surface area (Å²) in [7, 11) is 0. The van der Waals surface area contributed by atoms with E-state index in [0.29, 0.717) is 18.9 Å². The molecular weight excluding hydrogens is 450 g/mol. The van der Waals surface area contributed by atoms with Crippen molar-refractivity contribution >= 4 is 12.1 Å². The van der Waals surface area contributed by atoms with E-state index in [2.05, 4.69) is 58.9 Å². The molecule has 2 aromatic carbocycles. The summed E-state index contributed by atoms with van der Waals surface area (Å²) in [6, 6.07) is 19.5. The van der Waals surface area contributed by atoms with E-state index in [1.807, 2.05) is 36.4 Å². The van der Waals surface area contributed by atoms with E-state index in [4.69, 9.17) is 9.47 Å². The van der Waals surface area contributed by atoms with E-state index in [9.17, 15) is 9.59 Å². The fourth-order valence-electron chi connectivity index (χ4n) is 6.02. The third kappa shape index (κ3) is 5.77. The Bertz CT molecular complexity index is 1020. The topological polar surface area (TPSA) is 55.8 Å². The van der Waals surface area contributed by atoms with Gasteiger partial charge in [0.15, 0.2) is 6.04 Å². The van der Waals surface area contributed by atoms with Gasteiger partial charge in [-0.15, -0.1) is 0 Å². The van der Waals surface area contributed by atoms with Crippen molar-refractivity contribution in [3.05, 3.63) is 71.8 Å². The number of benzene rings is 2. The number of hydrogen-bond donors (Lipinski definition) is 0. The number of rotatable bonds is 8. The monoisotopic (exact) mass is 491 g/mol. The Morgan fingerprint density at radius 2 is 1.69 bits per heavy atom. The summed E-state index contributed by atoms with van der Waals surface area (Å²) in [5, 5.41) is 0. The lowest BCUT2D eigenvalue weighted by molar-refractivity contribution is -0.163. The van der Waals surface area contributed by atoms with Crippen molar-refractivity contribution in [3.8, 4) is 0 Å². The van der Waals surface area contributed by atoms with Crippen LogP contribution in [0, 0.1) is 17.8 Å². The molecule has 1 saturated carbocycles. The van der Waals surface area contributed by atoms with Crippen LogP contribution in [0.15, 0.2) is 60.7 Å². The van der Waals surface area contributed by atoms with E-state index in [1.54, 1.807) is 4.90 Å². The highest BCUT2D eigenvalue weighted by atomic mass is 16.6. The summed E-state index contributed by atoms with van der Waals surface area (Å²) in [6.07, 6.45) is 2.43. The number of esters is 1. The number of carbonyl (C=O) groups excluding carboxylic acids is 2. The number of cyclic esters (lactones) is 1. The predicted octanol–water partition coefficient (Wildman–Crippen LogP) is 6.75. The van der Waals surface area contributed by atoms with Crippen LogP contribution in [-0.4, -0.2) is 35.2 Å². The molecule has 0 bridgehead atoms. The molecule has 2 aliphatic rings. The van der Waals surface area contributed by atoms with Crippen molar-refractivity contribution < 1.29 is 19.1 Å². The van der Waals surface area contributed by atoms with Gasteiger partial charge < -0.3 is 9.47 Å². The van der Waals surface area contributed by atoms with Gasteiger partial charge in [0.1, 0.15) is 12.2 Å². The van der Waals surface area contributed by atoms with Crippen LogP contribution in [0.5, 0.6) is 0 Å². The Morgan fingerprint density at radius 3 is 2.33 bits per heavy atom. The summed E-state index contributed by atoms with van der Waals surface area (Å²) in [5.41, 5.74) is 2.08. The first-order valence-electron chi connectivity index (χ1n) is 13.4. The van der Waals surface area contributed by atoms with Gasteiger partial charge >= 0.3 is 12.1 Å². The second-order valence-electron chi connectivity index (χ2n) is 11.7. The van der Waals surface area contributed by atoms with Gasteiger partial charge in [-0.25, -0.2) is 9.59 Å². The van der Waals surface area contributed by atoms with Crippen molar-refractivity contribution in [2.45, 2.75) is 90.5 Å². The summed E-state index contributed by atoms with van der Waals surface area (Å²) in [6.45, 7) is 11.2. The van der Waals surface area contributed by atoms with Crippen molar-refractivity contribution in [3.63, 3.8) is 0 Å². The van der Waals surface area contributed by atoms with Gasteiger partial charge in [0.05, 0.1) is 6.54 Å². The zero-order valence-corrected chi connectivity index (χ0v) is 22.4. The minimum absolute atomic E-state index is 0.143. The molecule has 0 radical (unpaired) electrons. The fraction of sp³-hybridized carbons (Fsp3) is 0.548. The first-order chi connectivity index (χ1) is 17.2. The van der Waals surface area contributed by atoms with Crippen LogP contribution in [0.1, 0.15) is 71.4 Å². The molecule has 1 aliphatic heterocycles. The maximum atomic E-state index is 13.9. The van der Waals surface area contributed by atoms with Gasteiger partial charge in [-0.1, -0.05) is 102 Å². The van der Waals surface area contributed by atoms with Crippen molar-refractivity contribution in [2.75, 3.05) is 0 Å². The summed E-state index contributed by atoms with van der Waals surface area (Å²) in [4.78, 5) is 28.4. The van der Waals surface area contributed by atoms with E-state index < -0.39 is 18.2 Å². The third-order valence-corrected chi connectivity index (χ3v) is 8.08. The fourth-order valence-corrected chi connectivity index (χ4v) is 6.02. The molecule has 2 unspecified atom stereocenters. The number of ether oxygens (including phenoxy) is 2. The molecule has 1 amide bonds. The second kappa shape index (κ2) is 11.1. The van der Waals surface area contributed by atoms with Crippen molar-refractivity contribution in [1.82, 2.24) is 4.90 Å². The SMILES string of the molecule is CC(C)CC1OC(=O)N(Cc2ccccc2)C1C(=O)O[C@H]1C[C@H](C)CC[C@H]1C(C)(C)c1ccccc1. The molecule has 1 heterocycles. The van der Waals surface area contributed by atoms with E-state index in [-0.39, 0.29) is 29.3 Å². The Balaban J connectivity index is 1.59. The summed E-state index contributed by atoms with van der Waals surface area (Å²) >= 11 is 0. The lowest BCUT2D eigenvalue weighted by Gasteiger charge is -2.44. The van der Waals surface area contributed by atoms with E-state index in [0.717, 1.165) is 24.8 Å². The van der Waals surface area contributed by atoms with Crippen LogP contribution in [0.3, 0.4) is 0 Å². The first kappa shape index (κ1) is 26.2. The Labute approximate surface area is 216 Å². The molecule has 0 aromatic heterocycles. The highest BCUT2D eigenvalue weighted by molar-refractivity contribution is 5.85. The Morgan fingerprint density at radius 1 is 1.06 bits per heavy atom. The van der Waals surface area contributed by atoms with Gasteiger partial charge in [0, 0.05) is 5.92 Å². The van der Waals surface area contributed by atoms with Crippen LogP contribution in [0.25, 0.3) is 0 Å². The minimum atomic E-state index is -0.738. The number of nitrogens with zero attached hydrogens (tertiary/aromatic N) is 1. The minimum Gasteiger partial charge on any atom is -0.460 e. The Kier molecular flexibility index (Phi) is 8.07. The standard InChI is InChI=1S/C31H41NO4/c1-21(2)18-27-28(32(30(34)36-27)20-23-12-8-6-9-13-23)29(33)35-26-19-22(3)16-17-25(26)31(4,5)24-14-10-7-11-15-24/h6-15,21-22,25-28H,16-20H2,1-5H3/t22-,25-,26+,27?,28?/m1/s1. The largest absolute Gasteiger partial charge is 0.460 e. The molecule has 5 atom stereocenters. The lowest BCUT2D eigenvalue weighted by atomic mass is 9.64. The van der Waals surface area contributed by atoms with Gasteiger partial charge in [-0.05, 0) is 47.6 Å². The van der Waals surface area contributed by atoms with E-state index in [1.165, 1.54) is 5.56 Å². The smallest absolute Gasteiger partial charge is 0.411 e. The molecule has 36 heavy (non-hydrogen) atoms. The molecule has 4 rings (SSSR count). The molecule has 2 fully saturated rings. The molecule has 5 nitrogen and oxygen atoms in total. The van der Waals surface area contributed by atoms with Crippen LogP contribution in [0.2, 0.25) is 0 Å². The van der Waals surface area contributed by atoms with Crippen LogP contribution in [-0.2, 0) is 26.2 Å². The van der Waals surface area contributed by atoms with Crippen LogP contribution >= 0.6 is 0 Å². The van der Waals surface area contributed by atoms with Gasteiger partial charge in [0.2, 0.25) is 0 Å². The maximum Gasteiger partial charge on any atom is 0.411 e. The van der Waals surface area contributed by atoms with E-state index >= 15 is 0 Å². The van der Waals surface area contributed by atoms with Gasteiger partial charge in [-0.2, -0.15) is 0 Å². The predicted molar refractivity (Wildman–Crippen MR) is 141 cm³/mol. The highest BCUT2D eigenvalue weighted by Crippen LogP contribution is 2.44. The highest BCUT2D eigenvalue weighted by Gasteiger charge is 2.49. The summed E-state index contributed by atoms with van der Waals surface area (Å²) in [5.74, 6) is 0.632. The molecule has 0 N–H and O–H groups in total. The first-order valence-corrected chi connectivity index (χ1v) is 13.4.